The molecule has 0 aliphatic rings. The summed E-state index contributed by atoms with van der Waals surface area (Å²) in [6.07, 6.45) is -3.44. The van der Waals surface area contributed by atoms with Gasteiger partial charge in [0, 0.05) is 12.1 Å². The molecule has 1 N–H and O–H groups in total. The number of nitro groups is 1. The van der Waals surface area contributed by atoms with Crippen molar-refractivity contribution in [3.05, 3.63) is 130 Å². The quantitative estimate of drug-likeness (QED) is 0.135. The molecular formula is C29H23F3N4O6S. The number of nitrogens with zero attached hydrogens (tertiary/aromatic N) is 3. The number of nitro benzene ring substituents is 1. The van der Waals surface area contributed by atoms with Gasteiger partial charge < -0.3 is 4.74 Å². The maximum absolute atomic E-state index is 13.3. The van der Waals surface area contributed by atoms with Crippen LogP contribution in [0.1, 0.15) is 16.7 Å². The minimum Gasteiger partial charge on any atom is -0.489 e. The monoisotopic (exact) mass is 612 g/mol. The van der Waals surface area contributed by atoms with Crippen LogP contribution < -0.4 is 14.5 Å². The molecule has 0 saturated heterocycles. The van der Waals surface area contributed by atoms with Gasteiger partial charge >= 0.3 is 6.18 Å². The molecular weight excluding hydrogens is 589 g/mol. The zero-order chi connectivity index (χ0) is 31.0. The average Bonchev–Trinajstić information content (AvgIpc) is 2.99. The van der Waals surface area contributed by atoms with Crippen molar-refractivity contribution in [1.82, 2.24) is 5.43 Å². The molecule has 4 rings (SSSR count). The predicted molar refractivity (Wildman–Crippen MR) is 152 cm³/mol. The lowest BCUT2D eigenvalue weighted by Crippen LogP contribution is -2.39. The number of nitrogens with one attached hydrogen (secondary N) is 1. The number of hydrogen-bond acceptors (Lipinski definition) is 7. The van der Waals surface area contributed by atoms with Crippen molar-refractivity contribution in [1.29, 1.82) is 0 Å². The Morgan fingerprint density at radius 3 is 2.26 bits per heavy atom. The second-order valence-electron chi connectivity index (χ2n) is 8.95. The predicted octanol–water partition coefficient (Wildman–Crippen LogP) is 5.54. The van der Waals surface area contributed by atoms with Gasteiger partial charge in [-0.1, -0.05) is 24.3 Å². The van der Waals surface area contributed by atoms with Crippen LogP contribution in [-0.2, 0) is 27.6 Å². The van der Waals surface area contributed by atoms with Crippen LogP contribution >= 0.6 is 0 Å². The van der Waals surface area contributed by atoms with Crippen molar-refractivity contribution < 1.29 is 36.0 Å². The lowest BCUT2D eigenvalue weighted by molar-refractivity contribution is -0.384. The Hall–Kier alpha value is -5.24. The molecule has 43 heavy (non-hydrogen) atoms. The van der Waals surface area contributed by atoms with E-state index in [0.29, 0.717) is 21.7 Å². The molecule has 4 aromatic rings. The lowest BCUT2D eigenvalue weighted by atomic mass is 10.2. The van der Waals surface area contributed by atoms with Crippen LogP contribution in [0.3, 0.4) is 0 Å². The van der Waals surface area contributed by atoms with Crippen LogP contribution in [0.2, 0.25) is 0 Å². The largest absolute Gasteiger partial charge is 0.489 e. The van der Waals surface area contributed by atoms with Crippen LogP contribution in [-0.4, -0.2) is 32.0 Å². The third-order valence-corrected chi connectivity index (χ3v) is 7.70. The van der Waals surface area contributed by atoms with E-state index in [1.807, 2.05) is 0 Å². The fourth-order valence-corrected chi connectivity index (χ4v) is 5.18. The fourth-order valence-electron chi connectivity index (χ4n) is 3.75. The van der Waals surface area contributed by atoms with Gasteiger partial charge in [0.1, 0.15) is 18.9 Å². The van der Waals surface area contributed by atoms with E-state index in [9.17, 15) is 36.5 Å². The number of ether oxygens (including phenoxy) is 1. The zero-order valence-electron chi connectivity index (χ0n) is 22.1. The fraction of sp³-hybridized carbons (Fsp3) is 0.103. The molecule has 1 amide bonds. The van der Waals surface area contributed by atoms with E-state index in [0.717, 1.165) is 23.8 Å². The maximum atomic E-state index is 13.3. The number of non-ortho nitro benzene ring substituents is 1. The summed E-state index contributed by atoms with van der Waals surface area (Å²) in [6, 6.07) is 23.2. The molecule has 4 aromatic carbocycles. The second kappa shape index (κ2) is 13.2. The van der Waals surface area contributed by atoms with Crippen LogP contribution in [0.25, 0.3) is 0 Å². The van der Waals surface area contributed by atoms with Crippen molar-refractivity contribution in [3.8, 4) is 5.75 Å². The first-order chi connectivity index (χ1) is 20.4. The Morgan fingerprint density at radius 2 is 1.63 bits per heavy atom. The third-order valence-electron chi connectivity index (χ3n) is 5.92. The highest BCUT2D eigenvalue weighted by Gasteiger charge is 2.33. The summed E-state index contributed by atoms with van der Waals surface area (Å²) >= 11 is 0. The number of anilines is 1. The number of carbonyl (C=O) groups excluding carboxylic acids is 1. The number of amides is 1. The number of alkyl halides is 3. The van der Waals surface area contributed by atoms with Crippen molar-refractivity contribution in [3.63, 3.8) is 0 Å². The molecule has 0 unspecified atom stereocenters. The summed E-state index contributed by atoms with van der Waals surface area (Å²) in [5, 5.41) is 14.6. The van der Waals surface area contributed by atoms with Gasteiger partial charge in [0.25, 0.3) is 21.6 Å². The number of halogens is 3. The Kier molecular flexibility index (Phi) is 9.40. The maximum Gasteiger partial charge on any atom is 0.416 e. The minimum atomic E-state index is -4.73. The van der Waals surface area contributed by atoms with E-state index < -0.39 is 39.1 Å². The number of benzene rings is 4. The van der Waals surface area contributed by atoms with Crippen molar-refractivity contribution in [2.24, 2.45) is 5.10 Å². The number of rotatable bonds is 11. The Bertz CT molecular complexity index is 1710. The molecule has 0 aromatic heterocycles. The van der Waals surface area contributed by atoms with Crippen LogP contribution in [0.4, 0.5) is 24.5 Å². The molecule has 0 saturated carbocycles. The Morgan fingerprint density at radius 1 is 0.953 bits per heavy atom. The van der Waals surface area contributed by atoms with Gasteiger partial charge in [-0.2, -0.15) is 18.3 Å². The van der Waals surface area contributed by atoms with Gasteiger partial charge in [-0.3, -0.25) is 19.2 Å². The lowest BCUT2D eigenvalue weighted by Gasteiger charge is -2.24. The highest BCUT2D eigenvalue weighted by molar-refractivity contribution is 7.92. The van der Waals surface area contributed by atoms with Gasteiger partial charge in [0.2, 0.25) is 0 Å². The van der Waals surface area contributed by atoms with Crippen LogP contribution in [0, 0.1) is 10.1 Å². The zero-order valence-corrected chi connectivity index (χ0v) is 23.0. The van der Waals surface area contributed by atoms with Crippen molar-refractivity contribution in [2.45, 2.75) is 17.7 Å². The Labute approximate surface area is 244 Å². The first kappa shape index (κ1) is 30.7. The van der Waals surface area contributed by atoms with E-state index >= 15 is 0 Å². The molecule has 10 nitrogen and oxygen atoms in total. The molecule has 0 aliphatic heterocycles. The molecule has 0 fully saturated rings. The highest BCUT2D eigenvalue weighted by Crippen LogP contribution is 2.33. The van der Waals surface area contributed by atoms with E-state index in [1.165, 1.54) is 42.6 Å². The average molecular weight is 613 g/mol. The summed E-state index contributed by atoms with van der Waals surface area (Å²) in [4.78, 5) is 22.8. The highest BCUT2D eigenvalue weighted by atomic mass is 32.2. The third kappa shape index (κ3) is 8.16. The van der Waals surface area contributed by atoms with E-state index in [4.69, 9.17) is 4.74 Å². The van der Waals surface area contributed by atoms with Gasteiger partial charge in [-0.15, -0.1) is 0 Å². The van der Waals surface area contributed by atoms with Gasteiger partial charge in [0.05, 0.1) is 27.3 Å². The molecule has 0 radical (unpaired) electrons. The molecule has 0 heterocycles. The van der Waals surface area contributed by atoms with E-state index in [1.54, 1.807) is 42.5 Å². The van der Waals surface area contributed by atoms with Gasteiger partial charge in [-0.25, -0.2) is 13.8 Å². The summed E-state index contributed by atoms with van der Waals surface area (Å²) in [7, 11) is -4.42. The molecule has 0 bridgehead atoms. The smallest absolute Gasteiger partial charge is 0.416 e. The molecule has 0 atom stereocenters. The summed E-state index contributed by atoms with van der Waals surface area (Å²) in [5.74, 6) is -0.390. The van der Waals surface area contributed by atoms with Crippen molar-refractivity contribution in [2.75, 3.05) is 10.8 Å². The topological polar surface area (TPSA) is 131 Å². The molecule has 14 heteroatoms. The first-order valence-corrected chi connectivity index (χ1v) is 13.9. The van der Waals surface area contributed by atoms with E-state index in [-0.39, 0.29) is 22.9 Å². The number of carbonyl (C=O) groups is 1. The molecule has 0 aliphatic carbocycles. The van der Waals surface area contributed by atoms with Crippen LogP contribution in [0.15, 0.2) is 113 Å². The number of hydrogen-bond donors (Lipinski definition) is 1. The van der Waals surface area contributed by atoms with Crippen LogP contribution in [0.5, 0.6) is 5.75 Å². The summed E-state index contributed by atoms with van der Waals surface area (Å²) in [6.45, 7) is -0.666. The Balaban J connectivity index is 1.42. The molecule has 222 valence electrons. The number of hydrazone groups is 1. The summed E-state index contributed by atoms with van der Waals surface area (Å²) < 4.78 is 72.9. The first-order valence-electron chi connectivity index (χ1n) is 12.5. The second-order valence-corrected chi connectivity index (χ2v) is 10.8. The van der Waals surface area contributed by atoms with Gasteiger partial charge in [-0.05, 0) is 77.9 Å². The SMILES string of the molecule is O=C(CN(c1cccc(C(F)(F)F)c1)S(=O)(=O)c1ccccc1)NN=Cc1ccc(OCc2ccc([N+](=O)[O-])cc2)cc1. The van der Waals surface area contributed by atoms with Crippen molar-refractivity contribution >= 4 is 33.5 Å². The van der Waals surface area contributed by atoms with E-state index in [2.05, 4.69) is 10.5 Å². The molecule has 0 spiro atoms. The normalized spacial score (nSPS) is 11.7. The minimum absolute atomic E-state index is 0.0272. The van der Waals surface area contributed by atoms with Gasteiger partial charge in [0.15, 0.2) is 0 Å². The summed E-state index contributed by atoms with van der Waals surface area (Å²) in [5.41, 5.74) is 2.03. The standard InChI is InChI=1S/C29H23F3N4O6S/c30-29(31,32)23-5-4-6-25(17-23)35(43(40,41)27-7-2-1-3-8-27)19-28(37)34-33-18-21-11-15-26(16-12-21)42-20-22-9-13-24(14-10-22)36(38)39/h1-18H,19-20H2,(H,34,37). The number of sulfonamides is 1.